The van der Waals surface area contributed by atoms with Crippen LogP contribution in [0.15, 0.2) is 0 Å². The van der Waals surface area contributed by atoms with E-state index in [4.69, 9.17) is 5.11 Å². The van der Waals surface area contributed by atoms with E-state index in [0.717, 1.165) is 12.8 Å². The summed E-state index contributed by atoms with van der Waals surface area (Å²) in [7, 11) is 0. The Labute approximate surface area is 180 Å². The Hall–Kier alpha value is -1.06. The van der Waals surface area contributed by atoms with Crippen molar-refractivity contribution in [2.45, 2.75) is 130 Å². The lowest BCUT2D eigenvalue weighted by molar-refractivity contribution is -0.141. The highest BCUT2D eigenvalue weighted by Crippen LogP contribution is 2.18. The van der Waals surface area contributed by atoms with Crippen molar-refractivity contribution in [2.75, 3.05) is 6.54 Å². The van der Waals surface area contributed by atoms with Gasteiger partial charge in [-0.25, -0.2) is 0 Å². The molecule has 0 saturated heterocycles. The third kappa shape index (κ3) is 20.0. The summed E-state index contributed by atoms with van der Waals surface area (Å²) in [6.45, 7) is 9.03. The maximum absolute atomic E-state index is 12.3. The second-order valence-electron chi connectivity index (χ2n) is 9.96. The van der Waals surface area contributed by atoms with E-state index >= 15 is 0 Å². The second-order valence-corrected chi connectivity index (χ2v) is 9.96. The fourth-order valence-corrected chi connectivity index (χ4v) is 3.62. The van der Waals surface area contributed by atoms with Crippen molar-refractivity contribution >= 4 is 11.9 Å². The van der Waals surface area contributed by atoms with Crippen LogP contribution >= 0.6 is 0 Å². The number of unbranched alkanes of at least 4 members (excludes halogenated alkanes) is 13. The average Bonchev–Trinajstić information content (AvgIpc) is 2.64. The van der Waals surface area contributed by atoms with Crippen LogP contribution in [0.4, 0.5) is 0 Å². The Balaban J connectivity index is 3.70. The van der Waals surface area contributed by atoms with E-state index < -0.39 is 11.9 Å². The van der Waals surface area contributed by atoms with Crippen molar-refractivity contribution in [3.8, 4) is 0 Å². The molecule has 29 heavy (non-hydrogen) atoms. The van der Waals surface area contributed by atoms with Crippen molar-refractivity contribution in [1.29, 1.82) is 0 Å². The maximum Gasteiger partial charge on any atom is 0.304 e. The summed E-state index contributed by atoms with van der Waals surface area (Å²) in [5.41, 5.74) is 0.0124. The molecule has 0 aliphatic heterocycles. The molecule has 1 atom stereocenters. The summed E-state index contributed by atoms with van der Waals surface area (Å²) in [4.78, 5) is 23.4. The zero-order chi connectivity index (χ0) is 22.0. The Morgan fingerprint density at radius 3 is 1.55 bits per heavy atom. The molecule has 0 heterocycles. The SMILES string of the molecule is CCCCCCCCCCCCCCCCC(CC(=O)O)C(=O)NCC(C)(C)C. The highest BCUT2D eigenvalue weighted by Gasteiger charge is 2.22. The minimum atomic E-state index is -0.883. The van der Waals surface area contributed by atoms with Gasteiger partial charge in [0.25, 0.3) is 0 Å². The molecule has 0 aliphatic rings. The molecule has 1 amide bonds. The fourth-order valence-electron chi connectivity index (χ4n) is 3.62. The Bertz CT molecular complexity index is 415. The number of carboxylic acids is 1. The molecule has 4 nitrogen and oxygen atoms in total. The highest BCUT2D eigenvalue weighted by molar-refractivity contribution is 5.83. The van der Waals surface area contributed by atoms with Crippen molar-refractivity contribution < 1.29 is 14.7 Å². The monoisotopic (exact) mass is 411 g/mol. The minimum absolute atomic E-state index is 0.0124. The van der Waals surface area contributed by atoms with Gasteiger partial charge in [-0.05, 0) is 11.8 Å². The van der Waals surface area contributed by atoms with Gasteiger partial charge in [0.1, 0.15) is 0 Å². The first-order valence-corrected chi connectivity index (χ1v) is 12.3. The molecule has 0 fully saturated rings. The number of amides is 1. The molecule has 4 heteroatoms. The second kappa shape index (κ2) is 17.8. The molecule has 0 aliphatic carbocycles. The van der Waals surface area contributed by atoms with Crippen LogP contribution < -0.4 is 5.32 Å². The molecular weight excluding hydrogens is 362 g/mol. The van der Waals surface area contributed by atoms with Crippen LogP contribution in [-0.2, 0) is 9.59 Å². The van der Waals surface area contributed by atoms with Crippen LogP contribution in [0.2, 0.25) is 0 Å². The summed E-state index contributed by atoms with van der Waals surface area (Å²) in [5, 5.41) is 12.0. The number of rotatable bonds is 19. The molecular formula is C25H49NO3. The van der Waals surface area contributed by atoms with Gasteiger partial charge in [0.15, 0.2) is 0 Å². The van der Waals surface area contributed by atoms with Gasteiger partial charge in [-0.2, -0.15) is 0 Å². The third-order valence-corrected chi connectivity index (χ3v) is 5.49. The zero-order valence-electron chi connectivity index (χ0n) is 19.9. The van der Waals surface area contributed by atoms with Gasteiger partial charge < -0.3 is 10.4 Å². The van der Waals surface area contributed by atoms with Gasteiger partial charge in [0.2, 0.25) is 5.91 Å². The van der Waals surface area contributed by atoms with Crippen LogP contribution in [0.5, 0.6) is 0 Å². The number of aliphatic carboxylic acids is 1. The first-order valence-electron chi connectivity index (χ1n) is 12.3. The first kappa shape index (κ1) is 27.9. The Kier molecular flexibility index (Phi) is 17.1. The van der Waals surface area contributed by atoms with Crippen molar-refractivity contribution in [3.05, 3.63) is 0 Å². The third-order valence-electron chi connectivity index (χ3n) is 5.49. The maximum atomic E-state index is 12.3. The number of nitrogens with one attached hydrogen (secondary N) is 1. The molecule has 0 aromatic carbocycles. The summed E-state index contributed by atoms with van der Waals surface area (Å²) >= 11 is 0. The molecule has 1 unspecified atom stereocenters. The molecule has 0 radical (unpaired) electrons. The van der Waals surface area contributed by atoms with Crippen molar-refractivity contribution in [3.63, 3.8) is 0 Å². The van der Waals surface area contributed by atoms with Crippen LogP contribution in [-0.4, -0.2) is 23.5 Å². The number of hydrogen-bond acceptors (Lipinski definition) is 2. The largest absolute Gasteiger partial charge is 0.481 e. The quantitative estimate of drug-likeness (QED) is 0.222. The van der Waals surface area contributed by atoms with Gasteiger partial charge in [-0.3, -0.25) is 9.59 Å². The lowest BCUT2D eigenvalue weighted by atomic mass is 9.94. The lowest BCUT2D eigenvalue weighted by Crippen LogP contribution is -2.37. The number of carbonyl (C=O) groups excluding carboxylic acids is 1. The summed E-state index contributed by atoms with van der Waals surface area (Å²) in [5.74, 6) is -1.38. The van der Waals surface area contributed by atoms with E-state index in [9.17, 15) is 9.59 Å². The molecule has 0 aromatic rings. The van der Waals surface area contributed by atoms with Crippen LogP contribution in [0, 0.1) is 11.3 Å². The predicted octanol–water partition coefficient (Wildman–Crippen LogP) is 7.11. The fraction of sp³-hybridized carbons (Fsp3) is 0.920. The number of carbonyl (C=O) groups is 2. The average molecular weight is 412 g/mol. The molecule has 0 rings (SSSR count). The molecule has 0 aromatic heterocycles. The Morgan fingerprint density at radius 1 is 0.759 bits per heavy atom. The normalized spacial score (nSPS) is 12.7. The minimum Gasteiger partial charge on any atom is -0.481 e. The summed E-state index contributed by atoms with van der Waals surface area (Å²) in [6, 6.07) is 0. The highest BCUT2D eigenvalue weighted by atomic mass is 16.4. The molecule has 0 spiro atoms. The van der Waals surface area contributed by atoms with E-state index in [1.54, 1.807) is 0 Å². The van der Waals surface area contributed by atoms with Gasteiger partial charge >= 0.3 is 5.97 Å². The lowest BCUT2D eigenvalue weighted by Gasteiger charge is -2.21. The van der Waals surface area contributed by atoms with Crippen LogP contribution in [0.3, 0.4) is 0 Å². The predicted molar refractivity (Wildman–Crippen MR) is 123 cm³/mol. The van der Waals surface area contributed by atoms with Crippen molar-refractivity contribution in [1.82, 2.24) is 5.32 Å². The summed E-state index contributed by atoms with van der Waals surface area (Å²) < 4.78 is 0. The van der Waals surface area contributed by atoms with E-state index in [2.05, 4.69) is 33.0 Å². The topological polar surface area (TPSA) is 66.4 Å². The van der Waals surface area contributed by atoms with Crippen LogP contribution in [0.1, 0.15) is 130 Å². The van der Waals surface area contributed by atoms with Gasteiger partial charge in [0.05, 0.1) is 6.42 Å². The van der Waals surface area contributed by atoms with Gasteiger partial charge in [-0.15, -0.1) is 0 Å². The molecule has 172 valence electrons. The van der Waals surface area contributed by atoms with Gasteiger partial charge in [-0.1, -0.05) is 118 Å². The number of carboxylic acid groups (broad SMARTS) is 1. The molecule has 2 N–H and O–H groups in total. The van der Waals surface area contributed by atoms with Gasteiger partial charge in [0, 0.05) is 12.5 Å². The van der Waals surface area contributed by atoms with E-state index in [-0.39, 0.29) is 17.7 Å². The smallest absolute Gasteiger partial charge is 0.304 e. The Morgan fingerprint density at radius 2 is 1.17 bits per heavy atom. The molecule has 0 saturated carbocycles. The van der Waals surface area contributed by atoms with Crippen molar-refractivity contribution in [2.24, 2.45) is 11.3 Å². The van der Waals surface area contributed by atoms with E-state index in [0.29, 0.717) is 13.0 Å². The van der Waals surface area contributed by atoms with E-state index in [1.807, 2.05) is 0 Å². The summed E-state index contributed by atoms with van der Waals surface area (Å²) in [6.07, 6.45) is 18.8. The van der Waals surface area contributed by atoms with Crippen LogP contribution in [0.25, 0.3) is 0 Å². The zero-order valence-corrected chi connectivity index (χ0v) is 19.9. The standard InChI is InChI=1S/C25H49NO3/c1-5-6-7-8-9-10-11-12-13-14-15-16-17-18-19-22(20-23(27)28)24(29)26-21-25(2,3)4/h22H,5-21H2,1-4H3,(H,26,29)(H,27,28). The molecule has 0 bridgehead atoms. The van der Waals surface area contributed by atoms with E-state index in [1.165, 1.54) is 77.0 Å². The first-order chi connectivity index (χ1) is 13.8. The number of hydrogen-bond donors (Lipinski definition) is 2.